The molecule has 3 aromatic rings. The van der Waals surface area contributed by atoms with Crippen molar-refractivity contribution in [3.8, 4) is 5.69 Å². The SMILES string of the molecule is OC(CSc1nnnn1-c1ccccc1)c1ccccc1. The van der Waals surface area contributed by atoms with Crippen LogP contribution in [0.15, 0.2) is 65.8 Å². The molecule has 1 heterocycles. The molecule has 6 heteroatoms. The zero-order valence-corrected chi connectivity index (χ0v) is 12.0. The van der Waals surface area contributed by atoms with Gasteiger partial charge in [-0.25, -0.2) is 0 Å². The summed E-state index contributed by atoms with van der Waals surface area (Å²) >= 11 is 1.43. The number of thioether (sulfide) groups is 1. The standard InChI is InChI=1S/C15H14N4OS/c20-14(12-7-3-1-4-8-12)11-21-15-16-17-18-19(15)13-9-5-2-6-10-13/h1-10,14,20H,11H2. The van der Waals surface area contributed by atoms with E-state index < -0.39 is 6.10 Å². The highest BCUT2D eigenvalue weighted by Gasteiger charge is 2.13. The second-order valence-electron chi connectivity index (χ2n) is 4.45. The minimum absolute atomic E-state index is 0.497. The van der Waals surface area contributed by atoms with E-state index in [2.05, 4.69) is 15.5 Å². The number of rotatable bonds is 5. The quantitative estimate of drug-likeness (QED) is 0.733. The van der Waals surface area contributed by atoms with Gasteiger partial charge < -0.3 is 5.11 Å². The van der Waals surface area contributed by atoms with E-state index >= 15 is 0 Å². The summed E-state index contributed by atoms with van der Waals surface area (Å²) in [6.07, 6.45) is -0.544. The van der Waals surface area contributed by atoms with Gasteiger partial charge in [-0.15, -0.1) is 5.10 Å². The van der Waals surface area contributed by atoms with Gasteiger partial charge in [0.05, 0.1) is 11.8 Å². The molecule has 1 atom stereocenters. The molecule has 106 valence electrons. The lowest BCUT2D eigenvalue weighted by atomic mass is 10.1. The summed E-state index contributed by atoms with van der Waals surface area (Å²) in [5, 5.41) is 22.6. The molecule has 0 fully saturated rings. The van der Waals surface area contributed by atoms with E-state index in [0.717, 1.165) is 11.3 Å². The van der Waals surface area contributed by atoms with Gasteiger partial charge in [-0.1, -0.05) is 60.3 Å². The molecule has 1 N–H and O–H groups in total. The molecule has 2 aromatic carbocycles. The van der Waals surface area contributed by atoms with Gasteiger partial charge >= 0.3 is 0 Å². The molecule has 5 nitrogen and oxygen atoms in total. The normalized spacial score (nSPS) is 12.2. The molecule has 1 unspecified atom stereocenters. The minimum atomic E-state index is -0.544. The fraction of sp³-hybridized carbons (Fsp3) is 0.133. The number of para-hydroxylation sites is 1. The first-order valence-corrected chi connectivity index (χ1v) is 7.53. The molecular weight excluding hydrogens is 284 g/mol. The Labute approximate surface area is 126 Å². The molecule has 0 saturated heterocycles. The Kier molecular flexibility index (Phi) is 4.28. The number of aliphatic hydroxyl groups is 1. The fourth-order valence-electron chi connectivity index (χ4n) is 1.93. The van der Waals surface area contributed by atoms with E-state index in [1.807, 2.05) is 60.7 Å². The van der Waals surface area contributed by atoms with E-state index in [1.165, 1.54) is 11.8 Å². The Hall–Kier alpha value is -2.18. The van der Waals surface area contributed by atoms with Gasteiger partial charge in [-0.2, -0.15) is 4.68 Å². The van der Waals surface area contributed by atoms with Crippen LogP contribution in [0, 0.1) is 0 Å². The highest BCUT2D eigenvalue weighted by molar-refractivity contribution is 7.99. The average molecular weight is 298 g/mol. The summed E-state index contributed by atoms with van der Waals surface area (Å²) in [7, 11) is 0. The Bertz CT molecular complexity index is 687. The van der Waals surface area contributed by atoms with Crippen LogP contribution in [0.1, 0.15) is 11.7 Å². The number of hydrogen-bond acceptors (Lipinski definition) is 5. The molecule has 0 aliphatic carbocycles. The molecular formula is C15H14N4OS. The first-order valence-electron chi connectivity index (χ1n) is 6.54. The highest BCUT2D eigenvalue weighted by atomic mass is 32.2. The Morgan fingerprint density at radius 1 is 1.00 bits per heavy atom. The number of aliphatic hydroxyl groups excluding tert-OH is 1. The van der Waals surface area contributed by atoms with Crippen LogP contribution in [0.2, 0.25) is 0 Å². The molecule has 21 heavy (non-hydrogen) atoms. The summed E-state index contributed by atoms with van der Waals surface area (Å²) in [6, 6.07) is 19.3. The molecule has 0 saturated carbocycles. The van der Waals surface area contributed by atoms with Crippen molar-refractivity contribution >= 4 is 11.8 Å². The van der Waals surface area contributed by atoms with Crippen molar-refractivity contribution in [3.63, 3.8) is 0 Å². The van der Waals surface area contributed by atoms with Crippen molar-refractivity contribution in [2.45, 2.75) is 11.3 Å². The van der Waals surface area contributed by atoms with Crippen molar-refractivity contribution in [2.75, 3.05) is 5.75 Å². The topological polar surface area (TPSA) is 63.8 Å². The maximum absolute atomic E-state index is 10.2. The second kappa shape index (κ2) is 6.51. The summed E-state index contributed by atoms with van der Waals surface area (Å²) < 4.78 is 1.67. The number of benzene rings is 2. The first-order chi connectivity index (χ1) is 10.3. The molecule has 0 aliphatic heterocycles. The van der Waals surface area contributed by atoms with Gasteiger partial charge in [0.25, 0.3) is 0 Å². The molecule has 0 bridgehead atoms. The Balaban J connectivity index is 1.71. The van der Waals surface area contributed by atoms with Crippen LogP contribution >= 0.6 is 11.8 Å². The molecule has 0 aliphatic rings. The van der Waals surface area contributed by atoms with E-state index in [4.69, 9.17) is 0 Å². The Morgan fingerprint density at radius 2 is 1.67 bits per heavy atom. The van der Waals surface area contributed by atoms with E-state index in [-0.39, 0.29) is 0 Å². The zero-order chi connectivity index (χ0) is 14.5. The maximum atomic E-state index is 10.2. The first kappa shape index (κ1) is 13.8. The van der Waals surface area contributed by atoms with Crippen LogP contribution in [0.25, 0.3) is 5.69 Å². The number of tetrazole rings is 1. The third kappa shape index (κ3) is 3.29. The van der Waals surface area contributed by atoms with E-state index in [1.54, 1.807) is 4.68 Å². The second-order valence-corrected chi connectivity index (χ2v) is 5.43. The van der Waals surface area contributed by atoms with E-state index in [9.17, 15) is 5.11 Å². The van der Waals surface area contributed by atoms with Crippen molar-refractivity contribution in [1.82, 2.24) is 20.2 Å². The predicted octanol–water partition coefficient (Wildman–Crippen LogP) is 2.49. The summed E-state index contributed by atoms with van der Waals surface area (Å²) in [6.45, 7) is 0. The number of aromatic nitrogens is 4. The predicted molar refractivity (Wildman–Crippen MR) is 81.3 cm³/mol. The van der Waals surface area contributed by atoms with Crippen LogP contribution in [0.5, 0.6) is 0 Å². The zero-order valence-electron chi connectivity index (χ0n) is 11.2. The molecule has 0 radical (unpaired) electrons. The Morgan fingerprint density at radius 3 is 2.38 bits per heavy atom. The van der Waals surface area contributed by atoms with Crippen molar-refractivity contribution in [3.05, 3.63) is 66.2 Å². The van der Waals surface area contributed by atoms with Gasteiger partial charge in [-0.05, 0) is 28.1 Å². The molecule has 1 aromatic heterocycles. The summed E-state index contributed by atoms with van der Waals surface area (Å²) in [5.41, 5.74) is 1.79. The molecule has 0 spiro atoms. The largest absolute Gasteiger partial charge is 0.388 e. The van der Waals surface area contributed by atoms with Gasteiger partial charge in [0.15, 0.2) is 0 Å². The van der Waals surface area contributed by atoms with Gasteiger partial charge in [0.2, 0.25) is 5.16 Å². The lowest BCUT2D eigenvalue weighted by molar-refractivity contribution is 0.204. The summed E-state index contributed by atoms with van der Waals surface area (Å²) in [5.74, 6) is 0.497. The van der Waals surface area contributed by atoms with Gasteiger partial charge in [-0.3, -0.25) is 0 Å². The lowest BCUT2D eigenvalue weighted by Gasteiger charge is -2.10. The maximum Gasteiger partial charge on any atom is 0.214 e. The monoisotopic (exact) mass is 298 g/mol. The van der Waals surface area contributed by atoms with Gasteiger partial charge in [0, 0.05) is 5.75 Å². The van der Waals surface area contributed by atoms with Gasteiger partial charge in [0.1, 0.15) is 0 Å². The molecule has 0 amide bonds. The highest BCUT2D eigenvalue weighted by Crippen LogP contribution is 2.24. The third-order valence-electron chi connectivity index (χ3n) is 3.00. The summed E-state index contributed by atoms with van der Waals surface area (Å²) in [4.78, 5) is 0. The van der Waals surface area contributed by atoms with E-state index in [0.29, 0.717) is 10.9 Å². The lowest BCUT2D eigenvalue weighted by Crippen LogP contribution is -2.03. The number of nitrogens with zero attached hydrogens (tertiary/aromatic N) is 4. The smallest absolute Gasteiger partial charge is 0.214 e. The van der Waals surface area contributed by atoms with Crippen LogP contribution in [-0.2, 0) is 0 Å². The third-order valence-corrected chi connectivity index (χ3v) is 3.99. The van der Waals surface area contributed by atoms with Crippen LogP contribution < -0.4 is 0 Å². The fourth-order valence-corrected chi connectivity index (χ4v) is 2.78. The van der Waals surface area contributed by atoms with Crippen molar-refractivity contribution < 1.29 is 5.11 Å². The van der Waals surface area contributed by atoms with Crippen molar-refractivity contribution in [2.24, 2.45) is 0 Å². The number of hydrogen-bond donors (Lipinski definition) is 1. The average Bonchev–Trinajstić information content (AvgIpc) is 3.03. The van der Waals surface area contributed by atoms with Crippen molar-refractivity contribution in [1.29, 1.82) is 0 Å². The van der Waals surface area contributed by atoms with Crippen LogP contribution in [0.4, 0.5) is 0 Å². The minimum Gasteiger partial charge on any atom is -0.388 e. The molecule has 3 rings (SSSR count). The van der Waals surface area contributed by atoms with Crippen LogP contribution in [-0.4, -0.2) is 31.1 Å². The van der Waals surface area contributed by atoms with Crippen LogP contribution in [0.3, 0.4) is 0 Å².